The molecule has 138 valence electrons. The summed E-state index contributed by atoms with van der Waals surface area (Å²) < 4.78 is 0. The summed E-state index contributed by atoms with van der Waals surface area (Å²) in [7, 11) is 2.05. The van der Waals surface area contributed by atoms with Crippen molar-refractivity contribution in [3.05, 3.63) is 60.2 Å². The number of nitrogens with one attached hydrogen (secondary N) is 1. The SMILES string of the molecule is CN(CCC(=O)Nc1ccc(N2CCCCC2)cc1)Cc1ccccc1. The molecule has 1 heterocycles. The molecule has 26 heavy (non-hydrogen) atoms. The topological polar surface area (TPSA) is 35.6 Å². The molecule has 0 atom stereocenters. The first kappa shape index (κ1) is 18.5. The van der Waals surface area contributed by atoms with Crippen LogP contribution in [0.15, 0.2) is 54.6 Å². The van der Waals surface area contributed by atoms with E-state index in [0.29, 0.717) is 6.42 Å². The average Bonchev–Trinajstić information content (AvgIpc) is 2.68. The Morgan fingerprint density at radius 3 is 2.38 bits per heavy atom. The summed E-state index contributed by atoms with van der Waals surface area (Å²) in [6, 6.07) is 18.6. The molecule has 2 aromatic rings. The zero-order valence-corrected chi connectivity index (χ0v) is 15.7. The van der Waals surface area contributed by atoms with Crippen LogP contribution in [0.3, 0.4) is 0 Å². The molecule has 0 aliphatic carbocycles. The summed E-state index contributed by atoms with van der Waals surface area (Å²) in [6.45, 7) is 3.88. The van der Waals surface area contributed by atoms with E-state index in [1.165, 1.54) is 30.5 Å². The Morgan fingerprint density at radius 2 is 1.69 bits per heavy atom. The maximum atomic E-state index is 12.2. The minimum Gasteiger partial charge on any atom is -0.372 e. The Kier molecular flexibility index (Phi) is 6.67. The van der Waals surface area contributed by atoms with E-state index in [1.807, 2.05) is 37.4 Å². The number of hydrogen-bond acceptors (Lipinski definition) is 3. The molecule has 1 N–H and O–H groups in total. The van der Waals surface area contributed by atoms with Crippen LogP contribution in [0.2, 0.25) is 0 Å². The molecule has 2 aromatic carbocycles. The van der Waals surface area contributed by atoms with Gasteiger partial charge in [0.25, 0.3) is 0 Å². The molecule has 1 aliphatic rings. The normalized spacial score (nSPS) is 14.5. The monoisotopic (exact) mass is 351 g/mol. The summed E-state index contributed by atoms with van der Waals surface area (Å²) in [4.78, 5) is 16.8. The van der Waals surface area contributed by atoms with Crippen LogP contribution in [0.25, 0.3) is 0 Å². The maximum Gasteiger partial charge on any atom is 0.225 e. The minimum absolute atomic E-state index is 0.0654. The third-order valence-electron chi connectivity index (χ3n) is 4.89. The highest BCUT2D eigenvalue weighted by molar-refractivity contribution is 5.91. The van der Waals surface area contributed by atoms with Crippen molar-refractivity contribution in [1.82, 2.24) is 4.90 Å². The van der Waals surface area contributed by atoms with Gasteiger partial charge in [-0.2, -0.15) is 0 Å². The molecule has 0 aromatic heterocycles. The standard InChI is InChI=1S/C22H29N3O/c1-24(18-19-8-4-2-5-9-19)17-14-22(26)23-20-10-12-21(13-11-20)25-15-6-3-7-16-25/h2,4-5,8-13H,3,6-7,14-18H2,1H3,(H,23,26). The molecule has 0 bridgehead atoms. The molecule has 1 fully saturated rings. The van der Waals surface area contributed by atoms with Crippen molar-refractivity contribution >= 4 is 17.3 Å². The highest BCUT2D eigenvalue weighted by Crippen LogP contribution is 2.21. The maximum absolute atomic E-state index is 12.2. The predicted molar refractivity (Wildman–Crippen MR) is 109 cm³/mol. The van der Waals surface area contributed by atoms with Gasteiger partial charge in [-0.1, -0.05) is 30.3 Å². The van der Waals surface area contributed by atoms with Gasteiger partial charge in [0.2, 0.25) is 5.91 Å². The third kappa shape index (κ3) is 5.60. The van der Waals surface area contributed by atoms with Gasteiger partial charge in [0.1, 0.15) is 0 Å². The Balaban J connectivity index is 1.42. The molecular formula is C22H29N3O. The van der Waals surface area contributed by atoms with Crippen molar-refractivity contribution in [2.24, 2.45) is 0 Å². The van der Waals surface area contributed by atoms with Crippen LogP contribution in [0.4, 0.5) is 11.4 Å². The van der Waals surface area contributed by atoms with Crippen molar-refractivity contribution in [2.75, 3.05) is 36.9 Å². The second-order valence-corrected chi connectivity index (χ2v) is 7.12. The van der Waals surface area contributed by atoms with Crippen LogP contribution in [0.1, 0.15) is 31.2 Å². The molecular weight excluding hydrogens is 322 g/mol. The van der Waals surface area contributed by atoms with Gasteiger partial charge >= 0.3 is 0 Å². The minimum atomic E-state index is 0.0654. The molecule has 0 saturated carbocycles. The zero-order valence-electron chi connectivity index (χ0n) is 15.7. The van der Waals surface area contributed by atoms with Gasteiger partial charge in [0.15, 0.2) is 0 Å². The lowest BCUT2D eigenvalue weighted by Crippen LogP contribution is -2.29. The summed E-state index contributed by atoms with van der Waals surface area (Å²) in [5, 5.41) is 3.01. The van der Waals surface area contributed by atoms with Gasteiger partial charge in [-0.05, 0) is 56.1 Å². The summed E-state index contributed by atoms with van der Waals surface area (Å²) in [6.07, 6.45) is 4.38. The highest BCUT2D eigenvalue weighted by Gasteiger charge is 2.11. The van der Waals surface area contributed by atoms with E-state index in [9.17, 15) is 4.79 Å². The molecule has 4 nitrogen and oxygen atoms in total. The van der Waals surface area contributed by atoms with Gasteiger partial charge < -0.3 is 15.1 Å². The van der Waals surface area contributed by atoms with Crippen molar-refractivity contribution < 1.29 is 4.79 Å². The number of carbonyl (C=O) groups excluding carboxylic acids is 1. The van der Waals surface area contributed by atoms with Crippen molar-refractivity contribution in [2.45, 2.75) is 32.2 Å². The lowest BCUT2D eigenvalue weighted by molar-refractivity contribution is -0.116. The van der Waals surface area contributed by atoms with E-state index in [-0.39, 0.29) is 5.91 Å². The van der Waals surface area contributed by atoms with E-state index in [0.717, 1.165) is 31.9 Å². The van der Waals surface area contributed by atoms with Crippen molar-refractivity contribution in [3.8, 4) is 0 Å². The fourth-order valence-corrected chi connectivity index (χ4v) is 3.40. The first-order chi connectivity index (χ1) is 12.7. The number of amides is 1. The first-order valence-corrected chi connectivity index (χ1v) is 9.58. The van der Waals surface area contributed by atoms with Gasteiger partial charge in [0, 0.05) is 44.0 Å². The van der Waals surface area contributed by atoms with Crippen LogP contribution in [0, 0.1) is 0 Å². The Hall–Kier alpha value is -2.33. The van der Waals surface area contributed by atoms with Gasteiger partial charge in [-0.15, -0.1) is 0 Å². The van der Waals surface area contributed by atoms with Crippen LogP contribution >= 0.6 is 0 Å². The number of rotatable bonds is 7. The second-order valence-electron chi connectivity index (χ2n) is 7.12. The van der Waals surface area contributed by atoms with Crippen LogP contribution in [-0.4, -0.2) is 37.5 Å². The largest absolute Gasteiger partial charge is 0.372 e. The van der Waals surface area contributed by atoms with Crippen LogP contribution in [-0.2, 0) is 11.3 Å². The number of anilines is 2. The molecule has 0 unspecified atom stereocenters. The van der Waals surface area contributed by atoms with E-state index in [1.54, 1.807) is 0 Å². The highest BCUT2D eigenvalue weighted by atomic mass is 16.1. The fourth-order valence-electron chi connectivity index (χ4n) is 3.40. The van der Waals surface area contributed by atoms with Crippen LogP contribution in [0.5, 0.6) is 0 Å². The van der Waals surface area contributed by atoms with E-state index >= 15 is 0 Å². The number of hydrogen-bond donors (Lipinski definition) is 1. The Morgan fingerprint density at radius 1 is 1.00 bits per heavy atom. The van der Waals surface area contributed by atoms with E-state index < -0.39 is 0 Å². The zero-order chi connectivity index (χ0) is 18.2. The molecule has 4 heteroatoms. The van der Waals surface area contributed by atoms with Gasteiger partial charge in [-0.3, -0.25) is 4.79 Å². The molecule has 1 amide bonds. The quantitative estimate of drug-likeness (QED) is 0.814. The number of carbonyl (C=O) groups is 1. The van der Waals surface area contributed by atoms with Gasteiger partial charge in [0.05, 0.1) is 0 Å². The fraction of sp³-hybridized carbons (Fsp3) is 0.409. The molecule has 1 saturated heterocycles. The smallest absolute Gasteiger partial charge is 0.225 e. The van der Waals surface area contributed by atoms with Crippen LogP contribution < -0.4 is 10.2 Å². The third-order valence-corrected chi connectivity index (χ3v) is 4.89. The molecule has 1 aliphatic heterocycles. The van der Waals surface area contributed by atoms with E-state index in [2.05, 4.69) is 39.4 Å². The predicted octanol–water partition coefficient (Wildman–Crippen LogP) is 4.14. The Bertz CT molecular complexity index is 678. The summed E-state index contributed by atoms with van der Waals surface area (Å²) >= 11 is 0. The average molecular weight is 351 g/mol. The summed E-state index contributed by atoms with van der Waals surface area (Å²) in [5.41, 5.74) is 3.40. The molecule has 3 rings (SSSR count). The molecule has 0 radical (unpaired) electrons. The Labute approximate surface area is 156 Å². The lowest BCUT2D eigenvalue weighted by Gasteiger charge is -2.28. The van der Waals surface area contributed by atoms with Gasteiger partial charge in [-0.25, -0.2) is 0 Å². The number of nitrogens with zero attached hydrogens (tertiary/aromatic N) is 2. The van der Waals surface area contributed by atoms with Crippen molar-refractivity contribution in [3.63, 3.8) is 0 Å². The second kappa shape index (κ2) is 9.39. The lowest BCUT2D eigenvalue weighted by atomic mass is 10.1. The number of benzene rings is 2. The van der Waals surface area contributed by atoms with Crippen molar-refractivity contribution in [1.29, 1.82) is 0 Å². The number of piperidine rings is 1. The molecule has 0 spiro atoms. The summed E-state index contributed by atoms with van der Waals surface area (Å²) in [5.74, 6) is 0.0654. The first-order valence-electron chi connectivity index (χ1n) is 9.58. The van der Waals surface area contributed by atoms with E-state index in [4.69, 9.17) is 0 Å².